The third-order valence-electron chi connectivity index (χ3n) is 0.899. The quantitative estimate of drug-likeness (QED) is 0.429. The molecule has 0 saturated carbocycles. The van der Waals surface area contributed by atoms with Crippen molar-refractivity contribution < 1.29 is 9.22 Å². The molecule has 0 rings (SSSR count). The lowest BCUT2D eigenvalue weighted by atomic mass is 10.5. The SMILES string of the molecule is CO[Si]CCCNC(N)=O. The van der Waals surface area contributed by atoms with E-state index in [0.717, 1.165) is 12.5 Å². The topological polar surface area (TPSA) is 64.3 Å². The number of nitrogens with two attached hydrogens (primary N) is 1. The fraction of sp³-hybridized carbons (Fsp3) is 0.800. The standard InChI is InChI=1S/C5H12N2O2Si/c1-9-10-4-2-3-7-5(6)8/h2-4H2,1H3,(H3,6,7,8). The molecular formula is C5H12N2O2Si. The van der Waals surface area contributed by atoms with Crippen LogP contribution in [0.25, 0.3) is 0 Å². The number of urea groups is 1. The summed E-state index contributed by atoms with van der Waals surface area (Å²) < 4.78 is 4.83. The zero-order chi connectivity index (χ0) is 7.82. The Morgan fingerprint density at radius 2 is 2.50 bits per heavy atom. The number of hydrogen-bond donors (Lipinski definition) is 2. The second-order valence-corrected chi connectivity index (χ2v) is 2.94. The molecule has 0 aliphatic rings. The molecular weight excluding hydrogens is 148 g/mol. The molecule has 0 fully saturated rings. The second kappa shape index (κ2) is 6.57. The number of carbonyl (C=O) groups is 1. The first-order valence-electron chi connectivity index (χ1n) is 3.06. The Hall–Kier alpha value is -0.553. The van der Waals surface area contributed by atoms with Crippen LogP contribution in [0.15, 0.2) is 0 Å². The van der Waals surface area contributed by atoms with Crippen molar-refractivity contribution in [3.63, 3.8) is 0 Å². The van der Waals surface area contributed by atoms with E-state index in [0.29, 0.717) is 16.3 Å². The van der Waals surface area contributed by atoms with E-state index in [1.165, 1.54) is 0 Å². The smallest absolute Gasteiger partial charge is 0.312 e. The maximum atomic E-state index is 10.1. The van der Waals surface area contributed by atoms with Gasteiger partial charge in [-0.1, -0.05) is 0 Å². The zero-order valence-electron chi connectivity index (χ0n) is 6.02. The van der Waals surface area contributed by atoms with Crippen LogP contribution < -0.4 is 11.1 Å². The molecule has 3 N–H and O–H groups in total. The summed E-state index contributed by atoms with van der Waals surface area (Å²) in [7, 11) is 2.19. The van der Waals surface area contributed by atoms with Crippen molar-refractivity contribution in [3.05, 3.63) is 0 Å². The monoisotopic (exact) mass is 160 g/mol. The van der Waals surface area contributed by atoms with E-state index in [1.54, 1.807) is 7.11 Å². The van der Waals surface area contributed by atoms with Gasteiger partial charge in [-0.3, -0.25) is 0 Å². The fourth-order valence-corrected chi connectivity index (χ4v) is 0.999. The summed E-state index contributed by atoms with van der Waals surface area (Å²) >= 11 is 0. The maximum absolute atomic E-state index is 10.1. The Kier molecular flexibility index (Phi) is 6.20. The molecule has 58 valence electrons. The lowest BCUT2D eigenvalue weighted by molar-refractivity contribution is 0.249. The normalized spacial score (nSPS) is 9.30. The summed E-state index contributed by atoms with van der Waals surface area (Å²) in [5.41, 5.74) is 4.83. The molecule has 4 nitrogen and oxygen atoms in total. The first kappa shape index (κ1) is 9.45. The number of nitrogens with one attached hydrogen (secondary N) is 1. The van der Waals surface area contributed by atoms with Crippen LogP contribution in [-0.2, 0) is 4.43 Å². The zero-order valence-corrected chi connectivity index (χ0v) is 7.02. The molecule has 2 amide bonds. The predicted octanol–water partition coefficient (Wildman–Crippen LogP) is -0.271. The second-order valence-electron chi connectivity index (χ2n) is 1.74. The van der Waals surface area contributed by atoms with Gasteiger partial charge in [-0.15, -0.1) is 0 Å². The molecule has 0 atom stereocenters. The number of carbonyl (C=O) groups excluding carboxylic acids is 1. The lowest BCUT2D eigenvalue weighted by Crippen LogP contribution is -2.30. The third-order valence-corrected chi connectivity index (χ3v) is 1.75. The summed E-state index contributed by atoms with van der Waals surface area (Å²) in [5.74, 6) is 0. The molecule has 10 heavy (non-hydrogen) atoms. The summed E-state index contributed by atoms with van der Waals surface area (Å²) in [6, 6.07) is 0.525. The minimum absolute atomic E-state index is 0.458. The van der Waals surface area contributed by atoms with E-state index in [-0.39, 0.29) is 0 Å². The van der Waals surface area contributed by atoms with Crippen molar-refractivity contribution in [3.8, 4) is 0 Å². The summed E-state index contributed by atoms with van der Waals surface area (Å²) in [6.07, 6.45) is 0.926. The Bertz CT molecular complexity index is 99.6. The molecule has 5 heteroatoms. The van der Waals surface area contributed by atoms with E-state index in [9.17, 15) is 4.79 Å². The molecule has 0 aromatic heterocycles. The van der Waals surface area contributed by atoms with Crippen LogP contribution in [0.4, 0.5) is 4.79 Å². The van der Waals surface area contributed by atoms with E-state index >= 15 is 0 Å². The average Bonchev–Trinajstić information content (AvgIpc) is 1.87. The van der Waals surface area contributed by atoms with Crippen molar-refractivity contribution in [2.45, 2.75) is 12.5 Å². The highest BCUT2D eigenvalue weighted by Gasteiger charge is 1.91. The minimum Gasteiger partial charge on any atom is -0.421 e. The molecule has 0 heterocycles. The summed E-state index contributed by atoms with van der Waals surface area (Å²) in [6.45, 7) is 0.645. The van der Waals surface area contributed by atoms with Gasteiger partial charge >= 0.3 is 6.03 Å². The van der Waals surface area contributed by atoms with Crippen molar-refractivity contribution in [2.24, 2.45) is 5.73 Å². The van der Waals surface area contributed by atoms with Crippen molar-refractivity contribution in [1.82, 2.24) is 5.32 Å². The molecule has 0 aliphatic carbocycles. The Balaban J connectivity index is 2.84. The van der Waals surface area contributed by atoms with Crippen molar-refractivity contribution in [2.75, 3.05) is 13.7 Å². The van der Waals surface area contributed by atoms with Gasteiger partial charge < -0.3 is 15.5 Å². The van der Waals surface area contributed by atoms with E-state index < -0.39 is 6.03 Å². The average molecular weight is 160 g/mol. The molecule has 2 radical (unpaired) electrons. The van der Waals surface area contributed by atoms with Crippen LogP contribution in [0.1, 0.15) is 6.42 Å². The van der Waals surface area contributed by atoms with Gasteiger partial charge in [-0.25, -0.2) is 4.79 Å². The summed E-state index contributed by atoms with van der Waals surface area (Å²) in [4.78, 5) is 10.1. The molecule has 0 aliphatic heterocycles. The van der Waals surface area contributed by atoms with Crippen LogP contribution in [0.5, 0.6) is 0 Å². The molecule has 0 aromatic rings. The third kappa shape index (κ3) is 7.45. The lowest BCUT2D eigenvalue weighted by Gasteiger charge is -1.98. The maximum Gasteiger partial charge on any atom is 0.312 e. The summed E-state index contributed by atoms with van der Waals surface area (Å²) in [5, 5.41) is 2.49. The van der Waals surface area contributed by atoms with Gasteiger partial charge in [0.1, 0.15) is 0 Å². The Morgan fingerprint density at radius 1 is 1.80 bits per heavy atom. The number of primary amides is 1. The van der Waals surface area contributed by atoms with Gasteiger partial charge in [-0.2, -0.15) is 0 Å². The first-order chi connectivity index (χ1) is 4.77. The number of rotatable bonds is 5. The van der Waals surface area contributed by atoms with Crippen LogP contribution in [0.2, 0.25) is 6.04 Å². The highest BCUT2D eigenvalue weighted by molar-refractivity contribution is 6.26. The minimum atomic E-state index is -0.458. The van der Waals surface area contributed by atoms with Crippen molar-refractivity contribution >= 4 is 15.8 Å². The highest BCUT2D eigenvalue weighted by Crippen LogP contribution is 1.85. The molecule has 0 bridgehead atoms. The number of amides is 2. The van der Waals surface area contributed by atoms with Crippen LogP contribution in [0.3, 0.4) is 0 Å². The number of hydrogen-bond acceptors (Lipinski definition) is 2. The molecule has 0 spiro atoms. The van der Waals surface area contributed by atoms with Crippen LogP contribution >= 0.6 is 0 Å². The largest absolute Gasteiger partial charge is 0.421 e. The van der Waals surface area contributed by atoms with Gasteiger partial charge in [0.2, 0.25) is 9.76 Å². The first-order valence-corrected chi connectivity index (χ1v) is 4.18. The van der Waals surface area contributed by atoms with E-state index in [2.05, 4.69) is 5.32 Å². The van der Waals surface area contributed by atoms with Gasteiger partial charge in [0.25, 0.3) is 0 Å². The fourth-order valence-electron chi connectivity index (χ4n) is 0.474. The Morgan fingerprint density at radius 3 is 3.00 bits per heavy atom. The van der Waals surface area contributed by atoms with Crippen LogP contribution in [-0.4, -0.2) is 29.4 Å². The van der Waals surface area contributed by atoms with E-state index in [1.807, 2.05) is 0 Å². The Labute approximate surface area is 63.1 Å². The molecule has 0 unspecified atom stereocenters. The molecule has 0 aromatic carbocycles. The van der Waals surface area contributed by atoms with Gasteiger partial charge in [-0.05, 0) is 12.5 Å². The van der Waals surface area contributed by atoms with Crippen molar-refractivity contribution in [1.29, 1.82) is 0 Å². The highest BCUT2D eigenvalue weighted by atomic mass is 28.2. The van der Waals surface area contributed by atoms with Gasteiger partial charge in [0.05, 0.1) is 0 Å². The molecule has 0 saturated heterocycles. The van der Waals surface area contributed by atoms with Gasteiger partial charge in [0, 0.05) is 13.7 Å². The van der Waals surface area contributed by atoms with Crippen LogP contribution in [0, 0.1) is 0 Å². The van der Waals surface area contributed by atoms with Gasteiger partial charge in [0.15, 0.2) is 0 Å². The van der Waals surface area contributed by atoms with E-state index in [4.69, 9.17) is 10.2 Å². The predicted molar refractivity (Wildman–Crippen MR) is 39.8 cm³/mol.